The molecule has 4 aromatic rings. The van der Waals surface area contributed by atoms with Gasteiger partial charge < -0.3 is 10.3 Å². The van der Waals surface area contributed by atoms with Crippen LogP contribution in [0.4, 0.5) is 5.82 Å². The summed E-state index contributed by atoms with van der Waals surface area (Å²) in [5.74, 6) is 0.790. The van der Waals surface area contributed by atoms with E-state index in [4.69, 9.17) is 0 Å². The molecule has 2 heterocycles. The Morgan fingerprint density at radius 3 is 2.54 bits per heavy atom. The number of carbonyl (C=O) groups excluding carboxylic acids is 1. The van der Waals surface area contributed by atoms with Gasteiger partial charge in [-0.25, -0.2) is 9.97 Å². The number of aromatic amines is 1. The number of anilines is 1. The maximum absolute atomic E-state index is 10.8. The van der Waals surface area contributed by atoms with Crippen LogP contribution in [0, 0.1) is 0 Å². The van der Waals surface area contributed by atoms with Crippen molar-refractivity contribution in [1.82, 2.24) is 15.0 Å². The molecular weight excluding hydrogens is 324 g/mol. The Bertz CT molecular complexity index is 1040. The minimum atomic E-state index is 0.125. The molecule has 128 valence electrons. The zero-order valence-corrected chi connectivity index (χ0v) is 14.3. The SMILES string of the molecule is C[C@H](Nc1ncnc2[nH]c(-c3ccc(C=O)cc3)cc12)c1ccccc1. The molecule has 0 saturated heterocycles. The highest BCUT2D eigenvalue weighted by Crippen LogP contribution is 2.28. The standard InChI is InChI=1S/C21H18N4O/c1-14(16-5-3-2-4-6-16)24-20-18-11-19(25-21(18)23-13-22-20)17-9-7-15(12-26)8-10-17/h2-14H,1H3,(H2,22,23,24,25)/t14-/m0/s1. The van der Waals surface area contributed by atoms with E-state index in [-0.39, 0.29) is 6.04 Å². The normalized spacial score (nSPS) is 12.0. The molecule has 0 aliphatic rings. The molecule has 0 aliphatic carbocycles. The number of carbonyl (C=O) groups is 1. The highest BCUT2D eigenvalue weighted by atomic mass is 16.1. The number of aromatic nitrogens is 3. The molecule has 0 amide bonds. The number of nitrogens with zero attached hydrogens (tertiary/aromatic N) is 2. The highest BCUT2D eigenvalue weighted by Gasteiger charge is 2.12. The van der Waals surface area contributed by atoms with Crippen LogP contribution in [0.2, 0.25) is 0 Å². The average Bonchev–Trinajstić information content (AvgIpc) is 3.14. The Morgan fingerprint density at radius 1 is 1.04 bits per heavy atom. The first-order valence-electron chi connectivity index (χ1n) is 8.45. The Labute approximate surface area is 151 Å². The molecule has 4 rings (SSSR count). The van der Waals surface area contributed by atoms with Crippen molar-refractivity contribution >= 4 is 23.1 Å². The largest absolute Gasteiger partial charge is 0.363 e. The monoisotopic (exact) mass is 342 g/mol. The van der Waals surface area contributed by atoms with Crippen LogP contribution in [-0.2, 0) is 0 Å². The van der Waals surface area contributed by atoms with E-state index in [2.05, 4.69) is 39.3 Å². The van der Waals surface area contributed by atoms with E-state index >= 15 is 0 Å². The molecule has 5 nitrogen and oxygen atoms in total. The molecule has 2 aromatic carbocycles. The maximum Gasteiger partial charge on any atom is 0.150 e. The summed E-state index contributed by atoms with van der Waals surface area (Å²) in [5.41, 5.74) is 4.56. The second-order valence-corrected chi connectivity index (χ2v) is 6.18. The lowest BCUT2D eigenvalue weighted by molar-refractivity contribution is 0.112. The summed E-state index contributed by atoms with van der Waals surface area (Å²) in [5, 5.41) is 4.40. The fraction of sp³-hybridized carbons (Fsp3) is 0.0952. The van der Waals surface area contributed by atoms with Gasteiger partial charge in [-0.05, 0) is 24.1 Å². The van der Waals surface area contributed by atoms with Crippen molar-refractivity contribution in [2.75, 3.05) is 5.32 Å². The third kappa shape index (κ3) is 3.07. The zero-order valence-electron chi connectivity index (χ0n) is 14.3. The minimum Gasteiger partial charge on any atom is -0.363 e. The van der Waals surface area contributed by atoms with Gasteiger partial charge in [0.2, 0.25) is 0 Å². The van der Waals surface area contributed by atoms with Crippen LogP contribution >= 0.6 is 0 Å². The van der Waals surface area contributed by atoms with Crippen LogP contribution in [0.3, 0.4) is 0 Å². The summed E-state index contributed by atoms with van der Waals surface area (Å²) in [7, 11) is 0. The zero-order chi connectivity index (χ0) is 17.9. The van der Waals surface area contributed by atoms with Crippen LogP contribution in [0.5, 0.6) is 0 Å². The molecule has 0 saturated carbocycles. The lowest BCUT2D eigenvalue weighted by atomic mass is 10.1. The minimum absolute atomic E-state index is 0.125. The molecule has 2 aromatic heterocycles. The molecule has 0 radical (unpaired) electrons. The topological polar surface area (TPSA) is 70.7 Å². The third-order valence-corrected chi connectivity index (χ3v) is 4.44. The maximum atomic E-state index is 10.8. The van der Waals surface area contributed by atoms with Gasteiger partial charge in [0, 0.05) is 17.3 Å². The Balaban J connectivity index is 1.68. The number of hydrogen-bond donors (Lipinski definition) is 2. The van der Waals surface area contributed by atoms with Gasteiger partial charge in [0.15, 0.2) is 0 Å². The lowest BCUT2D eigenvalue weighted by Gasteiger charge is -2.15. The van der Waals surface area contributed by atoms with Gasteiger partial charge in [-0.3, -0.25) is 4.79 Å². The number of H-pyrrole nitrogens is 1. The number of benzene rings is 2. The van der Waals surface area contributed by atoms with Gasteiger partial charge in [0.05, 0.1) is 5.39 Å². The summed E-state index contributed by atoms with van der Waals surface area (Å²) in [6.07, 6.45) is 2.39. The van der Waals surface area contributed by atoms with E-state index in [9.17, 15) is 4.79 Å². The van der Waals surface area contributed by atoms with Gasteiger partial charge >= 0.3 is 0 Å². The first kappa shape index (κ1) is 16.0. The molecule has 1 atom stereocenters. The Morgan fingerprint density at radius 2 is 1.81 bits per heavy atom. The van der Waals surface area contributed by atoms with E-state index in [1.165, 1.54) is 5.56 Å². The van der Waals surface area contributed by atoms with Crippen LogP contribution in [0.15, 0.2) is 67.0 Å². The van der Waals surface area contributed by atoms with Gasteiger partial charge in [-0.1, -0.05) is 54.6 Å². The van der Waals surface area contributed by atoms with Crippen molar-refractivity contribution in [3.63, 3.8) is 0 Å². The fourth-order valence-corrected chi connectivity index (χ4v) is 2.98. The summed E-state index contributed by atoms with van der Waals surface area (Å²) in [4.78, 5) is 22.9. The first-order chi connectivity index (χ1) is 12.7. The molecule has 0 spiro atoms. The molecule has 0 bridgehead atoms. The Hall–Kier alpha value is -3.47. The van der Waals surface area contributed by atoms with Gasteiger partial charge in [-0.15, -0.1) is 0 Å². The number of aldehydes is 1. The summed E-state index contributed by atoms with van der Waals surface area (Å²) < 4.78 is 0. The summed E-state index contributed by atoms with van der Waals surface area (Å²) in [6.45, 7) is 2.11. The van der Waals surface area contributed by atoms with Gasteiger partial charge in [-0.2, -0.15) is 0 Å². The van der Waals surface area contributed by atoms with E-state index in [1.54, 1.807) is 18.5 Å². The second kappa shape index (κ2) is 6.80. The molecule has 26 heavy (non-hydrogen) atoms. The smallest absolute Gasteiger partial charge is 0.150 e. The van der Waals surface area contributed by atoms with E-state index in [0.717, 1.165) is 34.4 Å². The van der Waals surface area contributed by atoms with Crippen LogP contribution in [0.25, 0.3) is 22.3 Å². The van der Waals surface area contributed by atoms with Crippen molar-refractivity contribution in [2.45, 2.75) is 13.0 Å². The predicted octanol–water partition coefficient (Wildman–Crippen LogP) is 4.61. The summed E-state index contributed by atoms with van der Waals surface area (Å²) >= 11 is 0. The summed E-state index contributed by atoms with van der Waals surface area (Å²) in [6, 6.07) is 19.8. The van der Waals surface area contributed by atoms with Crippen molar-refractivity contribution in [3.05, 3.63) is 78.1 Å². The first-order valence-corrected chi connectivity index (χ1v) is 8.45. The number of rotatable bonds is 5. The number of fused-ring (bicyclic) bond motifs is 1. The lowest BCUT2D eigenvalue weighted by Crippen LogP contribution is -2.08. The van der Waals surface area contributed by atoms with Crippen molar-refractivity contribution < 1.29 is 4.79 Å². The van der Waals surface area contributed by atoms with E-state index in [1.807, 2.05) is 36.4 Å². The molecular formula is C21H18N4O. The van der Waals surface area contributed by atoms with Crippen molar-refractivity contribution in [1.29, 1.82) is 0 Å². The molecule has 0 unspecified atom stereocenters. The Kier molecular flexibility index (Phi) is 4.19. The van der Waals surface area contributed by atoms with E-state index < -0.39 is 0 Å². The van der Waals surface area contributed by atoms with Crippen molar-refractivity contribution in [3.8, 4) is 11.3 Å². The quantitative estimate of drug-likeness (QED) is 0.520. The molecule has 5 heteroatoms. The second-order valence-electron chi connectivity index (χ2n) is 6.18. The van der Waals surface area contributed by atoms with Gasteiger partial charge in [0.25, 0.3) is 0 Å². The van der Waals surface area contributed by atoms with E-state index in [0.29, 0.717) is 5.56 Å². The molecule has 0 fully saturated rings. The van der Waals surface area contributed by atoms with Crippen LogP contribution in [-0.4, -0.2) is 21.2 Å². The average molecular weight is 342 g/mol. The number of hydrogen-bond acceptors (Lipinski definition) is 4. The van der Waals surface area contributed by atoms with Crippen LogP contribution in [0.1, 0.15) is 28.9 Å². The fourth-order valence-electron chi connectivity index (χ4n) is 2.98. The molecule has 2 N–H and O–H groups in total. The highest BCUT2D eigenvalue weighted by molar-refractivity contribution is 5.91. The number of nitrogens with one attached hydrogen (secondary N) is 2. The van der Waals surface area contributed by atoms with Gasteiger partial charge in [0.1, 0.15) is 24.1 Å². The predicted molar refractivity (Wildman–Crippen MR) is 103 cm³/mol. The molecule has 0 aliphatic heterocycles. The van der Waals surface area contributed by atoms with Crippen LogP contribution < -0.4 is 5.32 Å². The third-order valence-electron chi connectivity index (χ3n) is 4.44. The van der Waals surface area contributed by atoms with Crippen molar-refractivity contribution in [2.24, 2.45) is 0 Å².